The second kappa shape index (κ2) is 6.64. The highest BCUT2D eigenvalue weighted by molar-refractivity contribution is 6.01. The Labute approximate surface area is 106 Å². The lowest BCUT2D eigenvalue weighted by molar-refractivity contribution is 0.0998. The fraction of sp³-hybridized carbons (Fsp3) is 0.385. The maximum atomic E-state index is 11.9. The Bertz CT molecular complexity index is 432. The fourth-order valence-electron chi connectivity index (χ4n) is 1.38. The van der Waals surface area contributed by atoms with Crippen LogP contribution in [0.5, 0.6) is 11.5 Å². The van der Waals surface area contributed by atoms with Gasteiger partial charge in [-0.1, -0.05) is 0 Å². The highest BCUT2D eigenvalue weighted by Crippen LogP contribution is 2.22. The second-order valence-corrected chi connectivity index (χ2v) is 3.47. The Morgan fingerprint density at radius 3 is 2.17 bits per heavy atom. The minimum atomic E-state index is -0.391. The van der Waals surface area contributed by atoms with Crippen LogP contribution >= 0.6 is 0 Å². The highest BCUT2D eigenvalue weighted by atomic mass is 16.5. The zero-order valence-electron chi connectivity index (χ0n) is 11.0. The molecule has 18 heavy (non-hydrogen) atoms. The van der Waals surface area contributed by atoms with E-state index in [1.165, 1.54) is 14.2 Å². The van der Waals surface area contributed by atoms with E-state index in [1.54, 1.807) is 25.1 Å². The first kappa shape index (κ1) is 14.0. The van der Waals surface area contributed by atoms with E-state index in [4.69, 9.17) is 14.2 Å². The van der Waals surface area contributed by atoms with E-state index >= 15 is 0 Å². The predicted molar refractivity (Wildman–Crippen MR) is 68.6 cm³/mol. The molecule has 0 bridgehead atoms. The third kappa shape index (κ3) is 3.76. The summed E-state index contributed by atoms with van der Waals surface area (Å²) in [5, 5.41) is 0. The summed E-state index contributed by atoms with van der Waals surface area (Å²) in [5.74, 6) is 1.03. The van der Waals surface area contributed by atoms with Crippen LogP contribution < -0.4 is 9.47 Å². The lowest BCUT2D eigenvalue weighted by atomic mass is 10.2. The summed E-state index contributed by atoms with van der Waals surface area (Å²) < 4.78 is 15.3. The van der Waals surface area contributed by atoms with Crippen molar-refractivity contribution >= 4 is 11.8 Å². The number of ether oxygens (including phenoxy) is 3. The molecule has 5 heteroatoms. The van der Waals surface area contributed by atoms with Crippen molar-refractivity contribution in [1.82, 2.24) is 0 Å². The van der Waals surface area contributed by atoms with Gasteiger partial charge in [0.2, 0.25) is 0 Å². The van der Waals surface area contributed by atoms with Gasteiger partial charge in [0.25, 0.3) is 5.91 Å². The number of carbonyl (C=O) groups excluding carboxylic acids is 1. The van der Waals surface area contributed by atoms with Crippen molar-refractivity contribution in [2.75, 3.05) is 20.8 Å². The minimum absolute atomic E-state index is 0.337. The summed E-state index contributed by atoms with van der Waals surface area (Å²) in [6.07, 6.45) is 0. The van der Waals surface area contributed by atoms with Crippen LogP contribution in [0.15, 0.2) is 23.2 Å². The largest absolute Gasteiger partial charge is 0.497 e. The van der Waals surface area contributed by atoms with E-state index in [1.807, 2.05) is 6.92 Å². The molecule has 1 rings (SSSR count). The molecule has 98 valence electrons. The monoisotopic (exact) mass is 251 g/mol. The number of hydrogen-bond donors (Lipinski definition) is 0. The number of hydrogen-bond acceptors (Lipinski definition) is 4. The Balaban J connectivity index is 3.01. The summed E-state index contributed by atoms with van der Waals surface area (Å²) in [4.78, 5) is 15.7. The summed E-state index contributed by atoms with van der Waals surface area (Å²) in [7, 11) is 3.05. The maximum absolute atomic E-state index is 11.9. The van der Waals surface area contributed by atoms with Crippen molar-refractivity contribution in [2.24, 2.45) is 4.99 Å². The molecule has 0 spiro atoms. The Morgan fingerprint density at radius 1 is 1.17 bits per heavy atom. The summed E-state index contributed by atoms with van der Waals surface area (Å²) in [6.45, 7) is 3.95. The molecule has 1 aromatic carbocycles. The van der Waals surface area contributed by atoms with Crippen molar-refractivity contribution in [3.05, 3.63) is 23.8 Å². The normalized spacial score (nSPS) is 11.0. The van der Waals surface area contributed by atoms with Gasteiger partial charge in [-0.15, -0.1) is 0 Å². The summed E-state index contributed by atoms with van der Waals surface area (Å²) in [5.41, 5.74) is 0.394. The molecule has 0 aliphatic carbocycles. The van der Waals surface area contributed by atoms with Crippen molar-refractivity contribution in [1.29, 1.82) is 0 Å². The van der Waals surface area contributed by atoms with Crippen LogP contribution in [0.3, 0.4) is 0 Å². The third-order valence-corrected chi connectivity index (χ3v) is 2.21. The fourth-order valence-corrected chi connectivity index (χ4v) is 1.38. The van der Waals surface area contributed by atoms with Crippen LogP contribution in [0.2, 0.25) is 0 Å². The third-order valence-electron chi connectivity index (χ3n) is 2.21. The predicted octanol–water partition coefficient (Wildman–Crippen LogP) is 2.30. The van der Waals surface area contributed by atoms with E-state index in [2.05, 4.69) is 4.99 Å². The van der Waals surface area contributed by atoms with Gasteiger partial charge in [-0.05, 0) is 19.1 Å². The van der Waals surface area contributed by atoms with Gasteiger partial charge >= 0.3 is 0 Å². The van der Waals surface area contributed by atoms with Gasteiger partial charge in [-0.2, -0.15) is 4.99 Å². The zero-order chi connectivity index (χ0) is 13.5. The van der Waals surface area contributed by atoms with E-state index in [0.717, 1.165) is 0 Å². The quantitative estimate of drug-likeness (QED) is 0.608. The van der Waals surface area contributed by atoms with Crippen LogP contribution in [0.25, 0.3) is 0 Å². The van der Waals surface area contributed by atoms with Crippen molar-refractivity contribution in [2.45, 2.75) is 13.8 Å². The number of methoxy groups -OCH3 is 2. The topological polar surface area (TPSA) is 57.1 Å². The average Bonchev–Trinajstić information content (AvgIpc) is 2.38. The van der Waals surface area contributed by atoms with Gasteiger partial charge in [0.05, 0.1) is 20.8 Å². The SMILES string of the molecule is CCO/C(C)=N/C(=O)c1cc(OC)cc(OC)c1. The van der Waals surface area contributed by atoms with Gasteiger partial charge < -0.3 is 14.2 Å². The van der Waals surface area contributed by atoms with Gasteiger partial charge in [0.15, 0.2) is 5.90 Å². The van der Waals surface area contributed by atoms with Crippen LogP contribution in [-0.4, -0.2) is 32.6 Å². The lowest BCUT2D eigenvalue weighted by Gasteiger charge is -2.06. The lowest BCUT2D eigenvalue weighted by Crippen LogP contribution is -2.05. The molecule has 0 radical (unpaired) electrons. The average molecular weight is 251 g/mol. The molecule has 0 fully saturated rings. The van der Waals surface area contributed by atoms with Crippen LogP contribution in [0.1, 0.15) is 24.2 Å². The second-order valence-electron chi connectivity index (χ2n) is 3.47. The van der Waals surface area contributed by atoms with Crippen LogP contribution in [-0.2, 0) is 4.74 Å². The molecule has 0 N–H and O–H groups in total. The van der Waals surface area contributed by atoms with Crippen LogP contribution in [0, 0.1) is 0 Å². The smallest absolute Gasteiger partial charge is 0.280 e. The molecule has 0 atom stereocenters. The van der Waals surface area contributed by atoms with Gasteiger partial charge in [0.1, 0.15) is 11.5 Å². The number of nitrogens with zero attached hydrogens (tertiary/aromatic N) is 1. The Hall–Kier alpha value is -2.04. The highest BCUT2D eigenvalue weighted by Gasteiger charge is 2.09. The van der Waals surface area contributed by atoms with E-state index in [0.29, 0.717) is 29.6 Å². The number of carbonyl (C=O) groups is 1. The molecular formula is C13H17NO4. The molecule has 0 unspecified atom stereocenters. The molecule has 0 aliphatic heterocycles. The van der Waals surface area contributed by atoms with E-state index in [9.17, 15) is 4.79 Å². The molecule has 0 aromatic heterocycles. The van der Waals surface area contributed by atoms with Gasteiger partial charge in [0, 0.05) is 18.6 Å². The molecule has 0 aliphatic rings. The Kier molecular flexibility index (Phi) is 5.17. The first-order valence-corrected chi connectivity index (χ1v) is 5.56. The number of amides is 1. The van der Waals surface area contributed by atoms with Crippen LogP contribution in [0.4, 0.5) is 0 Å². The van der Waals surface area contributed by atoms with E-state index in [-0.39, 0.29) is 0 Å². The summed E-state index contributed by atoms with van der Waals surface area (Å²) in [6, 6.07) is 4.90. The number of aliphatic imine (C=N–C) groups is 1. The van der Waals surface area contributed by atoms with E-state index < -0.39 is 5.91 Å². The standard InChI is InChI=1S/C13H17NO4/c1-5-18-9(2)14-13(15)10-6-11(16-3)8-12(7-10)17-4/h6-8H,5H2,1-4H3/b14-9+. The minimum Gasteiger partial charge on any atom is -0.497 e. The molecule has 5 nitrogen and oxygen atoms in total. The van der Waals surface area contributed by atoms with Gasteiger partial charge in [-0.3, -0.25) is 4.79 Å². The van der Waals surface area contributed by atoms with Gasteiger partial charge in [-0.25, -0.2) is 0 Å². The maximum Gasteiger partial charge on any atom is 0.280 e. The first-order valence-electron chi connectivity index (χ1n) is 5.56. The summed E-state index contributed by atoms with van der Waals surface area (Å²) >= 11 is 0. The molecule has 0 heterocycles. The molecule has 1 aromatic rings. The molecule has 0 saturated carbocycles. The molecule has 0 saturated heterocycles. The molecular weight excluding hydrogens is 234 g/mol. The van der Waals surface area contributed by atoms with Crippen molar-refractivity contribution in [3.8, 4) is 11.5 Å². The Morgan fingerprint density at radius 2 is 1.72 bits per heavy atom. The number of rotatable bonds is 4. The zero-order valence-corrected chi connectivity index (χ0v) is 11.0. The van der Waals surface area contributed by atoms with Crippen molar-refractivity contribution < 1.29 is 19.0 Å². The molecule has 1 amide bonds. The first-order chi connectivity index (χ1) is 8.60. The number of benzene rings is 1. The van der Waals surface area contributed by atoms with Crippen molar-refractivity contribution in [3.63, 3.8) is 0 Å².